The average molecular weight is 317 g/mol. The molecule has 1 aromatic rings. The van der Waals surface area contributed by atoms with Crippen LogP contribution >= 0.6 is 15.9 Å². The predicted octanol–water partition coefficient (Wildman–Crippen LogP) is 2.18. The Morgan fingerprint density at radius 3 is 3.11 bits per heavy atom. The molecule has 2 rings (SSSR count). The van der Waals surface area contributed by atoms with E-state index in [-0.39, 0.29) is 24.4 Å². The van der Waals surface area contributed by atoms with Gasteiger partial charge < -0.3 is 15.4 Å². The molecule has 0 bridgehead atoms. The third-order valence-electron chi connectivity index (χ3n) is 2.71. The summed E-state index contributed by atoms with van der Waals surface area (Å²) >= 11 is 3.26. The number of carbonyl (C=O) groups is 1. The van der Waals surface area contributed by atoms with Crippen LogP contribution in [0.2, 0.25) is 0 Å². The second kappa shape index (κ2) is 6.15. The Morgan fingerprint density at radius 2 is 2.39 bits per heavy atom. The number of halogens is 2. The van der Waals surface area contributed by atoms with Gasteiger partial charge in [0.1, 0.15) is 5.82 Å². The van der Waals surface area contributed by atoms with Gasteiger partial charge in [0, 0.05) is 23.2 Å². The maximum absolute atomic E-state index is 13.4. The molecule has 2 N–H and O–H groups in total. The molecule has 1 aromatic carbocycles. The van der Waals surface area contributed by atoms with Gasteiger partial charge in [0.2, 0.25) is 0 Å². The van der Waals surface area contributed by atoms with Crippen molar-refractivity contribution >= 4 is 22.0 Å². The quantitative estimate of drug-likeness (QED) is 0.898. The summed E-state index contributed by atoms with van der Waals surface area (Å²) in [6.07, 6.45) is 0.818. The molecule has 4 nitrogen and oxygen atoms in total. The monoisotopic (exact) mass is 316 g/mol. The van der Waals surface area contributed by atoms with Crippen molar-refractivity contribution in [2.75, 3.05) is 13.2 Å². The molecule has 1 unspecified atom stereocenters. The zero-order valence-electron chi connectivity index (χ0n) is 9.71. The molecule has 0 aromatic heterocycles. The molecular formula is C12H14BrFN2O2. The minimum absolute atomic E-state index is 0.0531. The first-order chi connectivity index (χ1) is 8.65. The third kappa shape index (κ3) is 3.68. The molecule has 98 valence electrons. The molecule has 0 radical (unpaired) electrons. The Labute approximate surface area is 113 Å². The lowest BCUT2D eigenvalue weighted by Gasteiger charge is -2.12. The molecule has 1 aliphatic heterocycles. The van der Waals surface area contributed by atoms with Gasteiger partial charge in [-0.3, -0.25) is 0 Å². The third-order valence-corrected chi connectivity index (χ3v) is 3.21. The van der Waals surface area contributed by atoms with Crippen LogP contribution in [0.15, 0.2) is 22.7 Å². The summed E-state index contributed by atoms with van der Waals surface area (Å²) in [5.41, 5.74) is 0.446. The zero-order valence-corrected chi connectivity index (χ0v) is 11.3. The summed E-state index contributed by atoms with van der Waals surface area (Å²) in [7, 11) is 0. The highest BCUT2D eigenvalue weighted by atomic mass is 79.9. The van der Waals surface area contributed by atoms with Crippen LogP contribution in [0.3, 0.4) is 0 Å². The Balaban J connectivity index is 1.83. The van der Waals surface area contributed by atoms with E-state index in [9.17, 15) is 9.18 Å². The number of carbonyl (C=O) groups excluding carboxylic acids is 1. The molecule has 18 heavy (non-hydrogen) atoms. The predicted molar refractivity (Wildman–Crippen MR) is 68.7 cm³/mol. The number of hydrogen-bond acceptors (Lipinski definition) is 2. The van der Waals surface area contributed by atoms with Gasteiger partial charge in [-0.2, -0.15) is 0 Å². The van der Waals surface area contributed by atoms with Crippen LogP contribution < -0.4 is 10.6 Å². The van der Waals surface area contributed by atoms with Crippen molar-refractivity contribution in [3.63, 3.8) is 0 Å². The molecule has 1 aliphatic rings. The fraction of sp³-hybridized carbons (Fsp3) is 0.417. The number of rotatable bonds is 3. The fourth-order valence-electron chi connectivity index (χ4n) is 1.74. The smallest absolute Gasteiger partial charge is 0.315 e. The van der Waals surface area contributed by atoms with E-state index in [1.165, 1.54) is 6.07 Å². The maximum Gasteiger partial charge on any atom is 0.315 e. The lowest BCUT2D eigenvalue weighted by Crippen LogP contribution is -2.42. The van der Waals surface area contributed by atoms with Gasteiger partial charge >= 0.3 is 6.03 Å². The second-order valence-corrected chi connectivity index (χ2v) is 5.04. The molecule has 1 heterocycles. The number of urea groups is 1. The van der Waals surface area contributed by atoms with E-state index in [1.54, 1.807) is 12.1 Å². The van der Waals surface area contributed by atoms with Crippen molar-refractivity contribution in [2.24, 2.45) is 0 Å². The van der Waals surface area contributed by atoms with Crippen molar-refractivity contribution in [3.05, 3.63) is 34.1 Å². The largest absolute Gasteiger partial charge is 0.379 e. The first-order valence-corrected chi connectivity index (χ1v) is 6.50. The molecule has 1 fully saturated rings. The van der Waals surface area contributed by atoms with E-state index in [4.69, 9.17) is 4.74 Å². The summed E-state index contributed by atoms with van der Waals surface area (Å²) in [5.74, 6) is -0.331. The van der Waals surface area contributed by atoms with Gasteiger partial charge in [-0.1, -0.05) is 15.9 Å². The molecule has 1 atom stereocenters. The normalized spacial score (nSPS) is 18.7. The first kappa shape index (κ1) is 13.3. The molecule has 0 spiro atoms. The number of amides is 2. The van der Waals surface area contributed by atoms with E-state index in [2.05, 4.69) is 26.6 Å². The van der Waals surface area contributed by atoms with Crippen LogP contribution in [0.1, 0.15) is 12.0 Å². The summed E-state index contributed by atoms with van der Waals surface area (Å²) in [4.78, 5) is 11.6. The van der Waals surface area contributed by atoms with Crippen LogP contribution in [0.5, 0.6) is 0 Å². The standard InChI is InChI=1S/C12H14BrFN2O2/c13-9-1-2-11(14)8(5-9)6-15-12(17)16-10-3-4-18-7-10/h1-2,5,10H,3-4,6-7H2,(H2,15,16,17). The fourth-order valence-corrected chi connectivity index (χ4v) is 2.15. The number of nitrogens with one attached hydrogen (secondary N) is 2. The van der Waals surface area contributed by atoms with Crippen molar-refractivity contribution in [2.45, 2.75) is 19.0 Å². The number of ether oxygens (including phenoxy) is 1. The van der Waals surface area contributed by atoms with Crippen molar-refractivity contribution < 1.29 is 13.9 Å². The van der Waals surface area contributed by atoms with E-state index in [1.807, 2.05) is 0 Å². The number of hydrogen-bond donors (Lipinski definition) is 2. The summed E-state index contributed by atoms with van der Waals surface area (Å²) in [6, 6.07) is 4.38. The molecule has 1 saturated heterocycles. The maximum atomic E-state index is 13.4. The summed E-state index contributed by atoms with van der Waals surface area (Å²) < 4.78 is 19.3. The van der Waals surface area contributed by atoms with E-state index in [0.29, 0.717) is 18.8 Å². The minimum Gasteiger partial charge on any atom is -0.379 e. The molecule has 0 aliphatic carbocycles. The second-order valence-electron chi connectivity index (χ2n) is 4.12. The van der Waals surface area contributed by atoms with Crippen LogP contribution in [-0.4, -0.2) is 25.3 Å². The zero-order chi connectivity index (χ0) is 13.0. The van der Waals surface area contributed by atoms with Gasteiger partial charge in [0.15, 0.2) is 0 Å². The minimum atomic E-state index is -0.331. The van der Waals surface area contributed by atoms with Crippen LogP contribution in [-0.2, 0) is 11.3 Å². The molecule has 6 heteroatoms. The van der Waals surface area contributed by atoms with Crippen molar-refractivity contribution in [1.29, 1.82) is 0 Å². The van der Waals surface area contributed by atoms with Gasteiger partial charge in [-0.05, 0) is 24.6 Å². The first-order valence-electron chi connectivity index (χ1n) is 5.71. The highest BCUT2D eigenvalue weighted by Gasteiger charge is 2.17. The number of benzene rings is 1. The SMILES string of the molecule is O=C(NCc1cc(Br)ccc1F)NC1CCOC1. The lowest BCUT2D eigenvalue weighted by atomic mass is 10.2. The van der Waals surface area contributed by atoms with E-state index >= 15 is 0 Å². The van der Waals surface area contributed by atoms with Gasteiger partial charge in [-0.15, -0.1) is 0 Å². The summed E-state index contributed by atoms with van der Waals surface area (Å²) in [5, 5.41) is 5.40. The molecule has 0 saturated carbocycles. The van der Waals surface area contributed by atoms with Gasteiger partial charge in [0.05, 0.1) is 12.6 Å². The van der Waals surface area contributed by atoms with Gasteiger partial charge in [-0.25, -0.2) is 9.18 Å². The summed E-state index contributed by atoms with van der Waals surface area (Å²) in [6.45, 7) is 1.37. The van der Waals surface area contributed by atoms with Crippen LogP contribution in [0, 0.1) is 5.82 Å². The van der Waals surface area contributed by atoms with Crippen LogP contribution in [0.4, 0.5) is 9.18 Å². The molecule has 2 amide bonds. The Bertz CT molecular complexity index is 436. The molecular weight excluding hydrogens is 303 g/mol. The Kier molecular flexibility index (Phi) is 4.54. The highest BCUT2D eigenvalue weighted by Crippen LogP contribution is 2.15. The Morgan fingerprint density at radius 1 is 1.56 bits per heavy atom. The van der Waals surface area contributed by atoms with Crippen molar-refractivity contribution in [1.82, 2.24) is 10.6 Å². The van der Waals surface area contributed by atoms with E-state index < -0.39 is 0 Å². The van der Waals surface area contributed by atoms with Crippen LogP contribution in [0.25, 0.3) is 0 Å². The van der Waals surface area contributed by atoms with E-state index in [0.717, 1.165) is 10.9 Å². The topological polar surface area (TPSA) is 50.4 Å². The van der Waals surface area contributed by atoms with Gasteiger partial charge in [0.25, 0.3) is 0 Å². The lowest BCUT2D eigenvalue weighted by molar-refractivity contribution is 0.188. The average Bonchev–Trinajstić information content (AvgIpc) is 2.83. The Hall–Kier alpha value is -1.14. The highest BCUT2D eigenvalue weighted by molar-refractivity contribution is 9.10. The van der Waals surface area contributed by atoms with Crippen molar-refractivity contribution in [3.8, 4) is 0 Å².